The van der Waals surface area contributed by atoms with Crippen LogP contribution in [0.5, 0.6) is 28.7 Å². The fourth-order valence-electron chi connectivity index (χ4n) is 3.60. The quantitative estimate of drug-likeness (QED) is 0.397. The fraction of sp³-hybridized carbons (Fsp3) is 0.429. The third kappa shape index (κ3) is 4.37. The summed E-state index contributed by atoms with van der Waals surface area (Å²) in [6, 6.07) is 6.53. The van der Waals surface area contributed by atoms with E-state index >= 15 is 0 Å². The highest BCUT2D eigenvalue weighted by Crippen LogP contribution is 2.58. The van der Waals surface area contributed by atoms with Crippen molar-refractivity contribution in [3.05, 3.63) is 45.5 Å². The van der Waals surface area contributed by atoms with E-state index < -0.39 is 9.67 Å². The molecule has 0 aromatic heterocycles. The Bertz CT molecular complexity index is 954. The summed E-state index contributed by atoms with van der Waals surface area (Å²) in [6.07, 6.45) is 0. The molecule has 1 aliphatic rings. The number of nitrogens with zero attached hydrogens (tertiary/aromatic N) is 1. The lowest BCUT2D eigenvalue weighted by Gasteiger charge is -2.32. The molecule has 1 N–H and O–H groups in total. The molecule has 1 heterocycles. The molecule has 11 heteroatoms. The highest BCUT2D eigenvalue weighted by Gasteiger charge is 2.44. The van der Waals surface area contributed by atoms with E-state index in [1.807, 2.05) is 12.1 Å². The average Bonchev–Trinajstić information content (AvgIpc) is 3.32. The zero-order valence-electron chi connectivity index (χ0n) is 18.2. The number of nitro benzene ring substituents is 1. The van der Waals surface area contributed by atoms with Crippen molar-refractivity contribution in [1.29, 1.82) is 0 Å². The van der Waals surface area contributed by atoms with Gasteiger partial charge in [0.15, 0.2) is 23.0 Å². The zero-order valence-corrected chi connectivity index (χ0v) is 19.8. The molecule has 1 atom stereocenters. The van der Waals surface area contributed by atoms with Crippen molar-refractivity contribution in [2.45, 2.75) is 4.75 Å². The van der Waals surface area contributed by atoms with Gasteiger partial charge in [-0.3, -0.25) is 10.1 Å². The number of aliphatic hydroxyl groups is 1. The maximum absolute atomic E-state index is 11.7. The molecule has 32 heavy (non-hydrogen) atoms. The first-order chi connectivity index (χ1) is 15.4. The second-order valence-electron chi connectivity index (χ2n) is 6.71. The molecule has 9 nitrogen and oxygen atoms in total. The van der Waals surface area contributed by atoms with Gasteiger partial charge in [0.2, 0.25) is 5.75 Å². The van der Waals surface area contributed by atoms with Gasteiger partial charge in [-0.1, -0.05) is 0 Å². The van der Waals surface area contributed by atoms with E-state index in [4.69, 9.17) is 23.7 Å². The van der Waals surface area contributed by atoms with Gasteiger partial charge in [0.05, 0.1) is 50.8 Å². The molecule has 0 saturated carbocycles. The molecule has 0 aliphatic carbocycles. The molecule has 2 aromatic carbocycles. The first kappa shape index (κ1) is 24.1. The lowest BCUT2D eigenvalue weighted by molar-refractivity contribution is -0.385. The van der Waals surface area contributed by atoms with Crippen LogP contribution in [0.25, 0.3) is 0 Å². The smallest absolute Gasteiger partial charge is 0.273 e. The SMILES string of the molecule is COc1cc(C2(c3cc([N+](=O)[O-])cc(OC)c3OCCO)CSCS2)cc(OC)c1OC. The second kappa shape index (κ2) is 10.4. The Morgan fingerprint density at radius 1 is 1.00 bits per heavy atom. The number of benzene rings is 2. The minimum absolute atomic E-state index is 0.0182. The van der Waals surface area contributed by atoms with Gasteiger partial charge in [0, 0.05) is 22.5 Å². The molecule has 0 spiro atoms. The van der Waals surface area contributed by atoms with Crippen molar-refractivity contribution in [2.24, 2.45) is 0 Å². The van der Waals surface area contributed by atoms with Crippen molar-refractivity contribution in [2.75, 3.05) is 52.5 Å². The number of aliphatic hydroxyl groups excluding tert-OH is 1. The van der Waals surface area contributed by atoms with Crippen molar-refractivity contribution in [3.8, 4) is 28.7 Å². The van der Waals surface area contributed by atoms with Crippen LogP contribution in [0.3, 0.4) is 0 Å². The minimum Gasteiger partial charge on any atom is -0.493 e. The average molecular weight is 484 g/mol. The predicted molar refractivity (Wildman–Crippen MR) is 124 cm³/mol. The maximum Gasteiger partial charge on any atom is 0.273 e. The number of hydrogen-bond donors (Lipinski definition) is 1. The minimum atomic E-state index is -0.721. The van der Waals surface area contributed by atoms with E-state index in [9.17, 15) is 15.2 Å². The van der Waals surface area contributed by atoms with Gasteiger partial charge >= 0.3 is 0 Å². The highest BCUT2D eigenvalue weighted by molar-refractivity contribution is 8.19. The summed E-state index contributed by atoms with van der Waals surface area (Å²) in [6.45, 7) is -0.191. The standard InChI is InChI=1S/C21H25NO8S2/c1-26-16-7-13(8-17(27-2)20(16)29-4)21(11-31-12-32-21)15-9-14(22(24)25)10-18(28-3)19(15)30-6-5-23/h7-10,23H,5-6,11-12H2,1-4H3. The predicted octanol–water partition coefficient (Wildman–Crippen LogP) is 3.68. The van der Waals surface area contributed by atoms with Gasteiger partial charge in [-0.2, -0.15) is 0 Å². The number of methoxy groups -OCH3 is 4. The third-order valence-corrected chi connectivity index (χ3v) is 8.12. The summed E-state index contributed by atoms with van der Waals surface area (Å²) in [5.74, 6) is 2.62. The summed E-state index contributed by atoms with van der Waals surface area (Å²) in [4.78, 5) is 11.2. The van der Waals surface area contributed by atoms with Crippen molar-refractivity contribution in [1.82, 2.24) is 0 Å². The summed E-state index contributed by atoms with van der Waals surface area (Å²) >= 11 is 3.33. The van der Waals surface area contributed by atoms with Crippen molar-refractivity contribution in [3.63, 3.8) is 0 Å². The van der Waals surface area contributed by atoms with Gasteiger partial charge < -0.3 is 28.8 Å². The molecule has 3 rings (SSSR count). The van der Waals surface area contributed by atoms with Gasteiger partial charge in [-0.15, -0.1) is 23.5 Å². The topological polar surface area (TPSA) is 110 Å². The van der Waals surface area contributed by atoms with Crippen LogP contribution in [-0.4, -0.2) is 62.5 Å². The number of rotatable bonds is 10. The Labute approximate surface area is 194 Å². The summed E-state index contributed by atoms with van der Waals surface area (Å²) in [5.41, 5.74) is 1.29. The molecular formula is C21H25NO8S2. The Balaban J connectivity index is 2.33. The number of ether oxygens (including phenoxy) is 5. The second-order valence-corrected chi connectivity index (χ2v) is 9.33. The molecule has 1 unspecified atom stereocenters. The molecule has 2 aromatic rings. The van der Waals surface area contributed by atoms with Crippen LogP contribution in [0.2, 0.25) is 0 Å². The summed E-state index contributed by atoms with van der Waals surface area (Å²) in [5, 5.41) is 21.8. The van der Waals surface area contributed by atoms with Gasteiger partial charge in [-0.25, -0.2) is 0 Å². The Kier molecular flexibility index (Phi) is 7.86. The van der Waals surface area contributed by atoms with Crippen LogP contribution >= 0.6 is 23.5 Å². The number of thioether (sulfide) groups is 2. The van der Waals surface area contributed by atoms with Crippen molar-refractivity contribution < 1.29 is 33.7 Å². The van der Waals surface area contributed by atoms with Crippen LogP contribution in [0.15, 0.2) is 24.3 Å². The summed E-state index contributed by atoms with van der Waals surface area (Å²) < 4.78 is 27.1. The highest BCUT2D eigenvalue weighted by atomic mass is 32.2. The molecule has 1 saturated heterocycles. The molecular weight excluding hydrogens is 458 g/mol. The van der Waals surface area contributed by atoms with Crippen LogP contribution in [0.4, 0.5) is 5.69 Å². The maximum atomic E-state index is 11.7. The molecule has 0 radical (unpaired) electrons. The van der Waals surface area contributed by atoms with Gasteiger partial charge in [-0.05, 0) is 17.7 Å². The van der Waals surface area contributed by atoms with Crippen LogP contribution in [0, 0.1) is 10.1 Å². The molecule has 1 fully saturated rings. The van der Waals surface area contributed by atoms with Crippen LogP contribution in [0.1, 0.15) is 11.1 Å². The summed E-state index contributed by atoms with van der Waals surface area (Å²) in [7, 11) is 6.03. The van der Waals surface area contributed by atoms with Crippen molar-refractivity contribution >= 4 is 29.2 Å². The lowest BCUT2D eigenvalue weighted by atomic mass is 9.89. The normalized spacial score (nSPS) is 17.7. The van der Waals surface area contributed by atoms with E-state index in [2.05, 4.69) is 0 Å². The van der Waals surface area contributed by atoms with E-state index in [1.54, 1.807) is 23.5 Å². The number of non-ortho nitro benzene ring substituents is 1. The van der Waals surface area contributed by atoms with Crippen LogP contribution in [-0.2, 0) is 4.75 Å². The third-order valence-electron chi connectivity index (χ3n) is 5.07. The monoisotopic (exact) mass is 483 g/mol. The van der Waals surface area contributed by atoms with Crippen LogP contribution < -0.4 is 23.7 Å². The fourth-order valence-corrected chi connectivity index (χ4v) is 6.86. The Morgan fingerprint density at radius 2 is 1.62 bits per heavy atom. The number of hydrogen-bond acceptors (Lipinski definition) is 10. The molecule has 174 valence electrons. The molecule has 1 aliphatic heterocycles. The lowest BCUT2D eigenvalue weighted by Crippen LogP contribution is -2.25. The zero-order chi connectivity index (χ0) is 23.3. The Morgan fingerprint density at radius 3 is 2.09 bits per heavy atom. The first-order valence-corrected chi connectivity index (χ1v) is 11.7. The van der Waals surface area contributed by atoms with Gasteiger partial charge in [0.1, 0.15) is 6.61 Å². The van der Waals surface area contributed by atoms with E-state index in [0.29, 0.717) is 34.3 Å². The largest absolute Gasteiger partial charge is 0.493 e. The number of nitro groups is 1. The van der Waals surface area contributed by atoms with E-state index in [-0.39, 0.29) is 24.7 Å². The van der Waals surface area contributed by atoms with Gasteiger partial charge in [0.25, 0.3) is 5.69 Å². The Hall–Kier alpha value is -2.50. The van der Waals surface area contributed by atoms with E-state index in [1.165, 1.54) is 40.6 Å². The molecule has 0 bridgehead atoms. The van der Waals surface area contributed by atoms with E-state index in [0.717, 1.165) is 10.6 Å². The first-order valence-electron chi connectivity index (χ1n) is 9.58. The molecule has 0 amide bonds.